The van der Waals surface area contributed by atoms with Gasteiger partial charge in [-0.15, -0.1) is 0 Å². The number of benzene rings is 1. The summed E-state index contributed by atoms with van der Waals surface area (Å²) in [6.45, 7) is 1.60. The van der Waals surface area contributed by atoms with Crippen molar-refractivity contribution in [3.63, 3.8) is 0 Å². The van der Waals surface area contributed by atoms with Gasteiger partial charge in [0.05, 0.1) is 18.9 Å². The van der Waals surface area contributed by atoms with Gasteiger partial charge in [-0.2, -0.15) is 0 Å². The van der Waals surface area contributed by atoms with Gasteiger partial charge >= 0.3 is 0 Å². The molecule has 18 heavy (non-hydrogen) atoms. The summed E-state index contributed by atoms with van der Waals surface area (Å²) in [4.78, 5) is 4.29. The maximum atomic E-state index is 5.64. The van der Waals surface area contributed by atoms with Gasteiger partial charge in [-0.25, -0.2) is 0 Å². The van der Waals surface area contributed by atoms with Crippen molar-refractivity contribution < 1.29 is 4.74 Å². The molecule has 0 saturated heterocycles. The zero-order valence-electron chi connectivity index (χ0n) is 9.97. The van der Waals surface area contributed by atoms with Crippen LogP contribution in [0, 0.1) is 0 Å². The third-order valence-corrected chi connectivity index (χ3v) is 3.36. The lowest BCUT2D eigenvalue weighted by molar-refractivity contribution is 0.104. The van der Waals surface area contributed by atoms with Crippen molar-refractivity contribution in [2.24, 2.45) is 5.73 Å². The molecule has 0 amide bonds. The standard InChI is InChI=1S/C14H15BrN2O/c15-14-4-2-1-3-12(14)9-18-10-13-6-5-11(7-16)8-17-13/h1-6,8H,7,9-10,16H2. The summed E-state index contributed by atoms with van der Waals surface area (Å²) in [5.41, 5.74) is 8.60. The Balaban J connectivity index is 1.86. The molecule has 0 saturated carbocycles. The first-order valence-corrected chi connectivity index (χ1v) is 6.54. The van der Waals surface area contributed by atoms with Crippen LogP contribution in [0.2, 0.25) is 0 Å². The number of nitrogens with zero attached hydrogens (tertiary/aromatic N) is 1. The second-order valence-corrected chi connectivity index (χ2v) is 4.80. The Morgan fingerprint density at radius 3 is 2.61 bits per heavy atom. The summed E-state index contributed by atoms with van der Waals surface area (Å²) < 4.78 is 6.70. The van der Waals surface area contributed by atoms with Gasteiger partial charge in [-0.1, -0.05) is 40.2 Å². The van der Waals surface area contributed by atoms with Crippen LogP contribution >= 0.6 is 15.9 Å². The molecule has 2 N–H and O–H groups in total. The SMILES string of the molecule is NCc1ccc(COCc2ccccc2Br)nc1. The molecule has 0 unspecified atom stereocenters. The minimum atomic E-state index is 0.506. The first kappa shape index (κ1) is 13.2. The summed E-state index contributed by atoms with van der Waals surface area (Å²) >= 11 is 3.49. The van der Waals surface area contributed by atoms with E-state index in [-0.39, 0.29) is 0 Å². The predicted octanol–water partition coefficient (Wildman–Crippen LogP) is 3.02. The average molecular weight is 307 g/mol. The van der Waals surface area contributed by atoms with Gasteiger partial charge in [0.15, 0.2) is 0 Å². The Morgan fingerprint density at radius 1 is 1.11 bits per heavy atom. The summed E-state index contributed by atoms with van der Waals surface area (Å²) in [5, 5.41) is 0. The van der Waals surface area contributed by atoms with E-state index >= 15 is 0 Å². The van der Waals surface area contributed by atoms with Gasteiger partial charge in [0, 0.05) is 17.2 Å². The third-order valence-electron chi connectivity index (χ3n) is 2.59. The number of hydrogen-bond acceptors (Lipinski definition) is 3. The van der Waals surface area contributed by atoms with E-state index in [0.717, 1.165) is 21.3 Å². The highest BCUT2D eigenvalue weighted by Crippen LogP contribution is 2.17. The van der Waals surface area contributed by atoms with E-state index in [1.807, 2.05) is 36.4 Å². The van der Waals surface area contributed by atoms with Crippen LogP contribution < -0.4 is 5.73 Å². The number of hydrogen-bond donors (Lipinski definition) is 1. The summed E-state index contributed by atoms with van der Waals surface area (Å²) in [6, 6.07) is 12.0. The molecule has 0 bridgehead atoms. The summed E-state index contributed by atoms with van der Waals surface area (Å²) in [6.07, 6.45) is 1.79. The Labute approximate surface area is 115 Å². The maximum absolute atomic E-state index is 5.64. The van der Waals surface area contributed by atoms with Crippen LogP contribution in [0.1, 0.15) is 16.8 Å². The fourth-order valence-corrected chi connectivity index (χ4v) is 1.94. The van der Waals surface area contributed by atoms with E-state index in [9.17, 15) is 0 Å². The highest BCUT2D eigenvalue weighted by molar-refractivity contribution is 9.10. The molecule has 2 rings (SSSR count). The van der Waals surface area contributed by atoms with Crippen molar-refractivity contribution in [2.75, 3.05) is 0 Å². The molecule has 2 aromatic rings. The van der Waals surface area contributed by atoms with Gasteiger partial charge in [-0.3, -0.25) is 4.98 Å². The van der Waals surface area contributed by atoms with E-state index in [1.165, 1.54) is 0 Å². The number of rotatable bonds is 5. The second kappa shape index (κ2) is 6.64. The van der Waals surface area contributed by atoms with Gasteiger partial charge < -0.3 is 10.5 Å². The second-order valence-electron chi connectivity index (χ2n) is 3.95. The van der Waals surface area contributed by atoms with Crippen LogP contribution in [0.25, 0.3) is 0 Å². The molecule has 0 fully saturated rings. The minimum absolute atomic E-state index is 0.506. The number of pyridine rings is 1. The number of halogens is 1. The topological polar surface area (TPSA) is 48.1 Å². The van der Waals surface area contributed by atoms with Crippen molar-refractivity contribution in [1.29, 1.82) is 0 Å². The lowest BCUT2D eigenvalue weighted by atomic mass is 10.2. The Kier molecular flexibility index (Phi) is 4.87. The molecule has 94 valence electrons. The highest BCUT2D eigenvalue weighted by atomic mass is 79.9. The summed E-state index contributed by atoms with van der Waals surface area (Å²) in [7, 11) is 0. The molecule has 4 heteroatoms. The average Bonchev–Trinajstić information content (AvgIpc) is 2.42. The van der Waals surface area contributed by atoms with Crippen LogP contribution in [0.15, 0.2) is 47.1 Å². The van der Waals surface area contributed by atoms with Crippen molar-refractivity contribution >= 4 is 15.9 Å². The minimum Gasteiger partial charge on any atom is -0.370 e. The molecule has 1 heterocycles. The quantitative estimate of drug-likeness (QED) is 0.923. The highest BCUT2D eigenvalue weighted by Gasteiger charge is 2.00. The molecular formula is C14H15BrN2O. The number of ether oxygens (including phenoxy) is 1. The van der Waals surface area contributed by atoms with E-state index in [4.69, 9.17) is 10.5 Å². The molecule has 0 aliphatic carbocycles. The van der Waals surface area contributed by atoms with Crippen molar-refractivity contribution in [1.82, 2.24) is 4.98 Å². The van der Waals surface area contributed by atoms with Crippen LogP contribution in [-0.4, -0.2) is 4.98 Å². The van der Waals surface area contributed by atoms with E-state index in [1.54, 1.807) is 6.20 Å². The molecular weight excluding hydrogens is 292 g/mol. The monoisotopic (exact) mass is 306 g/mol. The van der Waals surface area contributed by atoms with Gasteiger partial charge in [0.1, 0.15) is 0 Å². The van der Waals surface area contributed by atoms with Gasteiger partial charge in [-0.05, 0) is 23.3 Å². The van der Waals surface area contributed by atoms with E-state index < -0.39 is 0 Å². The Morgan fingerprint density at radius 2 is 1.94 bits per heavy atom. The van der Waals surface area contributed by atoms with Crippen molar-refractivity contribution in [3.05, 3.63) is 63.9 Å². The number of nitrogens with two attached hydrogens (primary N) is 1. The normalized spacial score (nSPS) is 10.6. The van der Waals surface area contributed by atoms with Gasteiger partial charge in [0.2, 0.25) is 0 Å². The zero-order valence-corrected chi connectivity index (χ0v) is 11.6. The maximum Gasteiger partial charge on any atom is 0.0892 e. The fraction of sp³-hybridized carbons (Fsp3) is 0.214. The van der Waals surface area contributed by atoms with E-state index in [2.05, 4.69) is 20.9 Å². The lowest BCUT2D eigenvalue weighted by Gasteiger charge is -2.06. The molecule has 0 atom stereocenters. The fourth-order valence-electron chi connectivity index (χ4n) is 1.54. The Hall–Kier alpha value is -1.23. The first-order chi connectivity index (χ1) is 8.79. The van der Waals surface area contributed by atoms with Crippen LogP contribution in [-0.2, 0) is 24.5 Å². The van der Waals surface area contributed by atoms with Crippen LogP contribution in [0.4, 0.5) is 0 Å². The smallest absolute Gasteiger partial charge is 0.0892 e. The third kappa shape index (κ3) is 3.63. The molecule has 1 aromatic heterocycles. The van der Waals surface area contributed by atoms with Crippen molar-refractivity contribution in [2.45, 2.75) is 19.8 Å². The molecule has 0 aliphatic rings. The molecule has 1 aromatic carbocycles. The molecule has 0 spiro atoms. The predicted molar refractivity (Wildman–Crippen MR) is 74.8 cm³/mol. The molecule has 3 nitrogen and oxygen atoms in total. The van der Waals surface area contributed by atoms with E-state index in [0.29, 0.717) is 19.8 Å². The zero-order chi connectivity index (χ0) is 12.8. The summed E-state index contributed by atoms with van der Waals surface area (Å²) in [5.74, 6) is 0. The first-order valence-electron chi connectivity index (χ1n) is 5.74. The Bertz CT molecular complexity index is 499. The molecule has 0 radical (unpaired) electrons. The lowest BCUT2D eigenvalue weighted by Crippen LogP contribution is -2.00. The molecule has 0 aliphatic heterocycles. The van der Waals surface area contributed by atoms with Crippen LogP contribution in [0.3, 0.4) is 0 Å². The number of aromatic nitrogens is 1. The largest absolute Gasteiger partial charge is 0.370 e. The van der Waals surface area contributed by atoms with Crippen LogP contribution in [0.5, 0.6) is 0 Å². The van der Waals surface area contributed by atoms with Crippen molar-refractivity contribution in [3.8, 4) is 0 Å². The van der Waals surface area contributed by atoms with Gasteiger partial charge in [0.25, 0.3) is 0 Å².